The van der Waals surface area contributed by atoms with Crippen LogP contribution in [0.1, 0.15) is 0 Å². The maximum atomic E-state index is 4.94. The fourth-order valence-electron chi connectivity index (χ4n) is 0. The Hall–Kier alpha value is 1.03. The van der Waals surface area contributed by atoms with Crippen LogP contribution in [-0.2, 0) is 21.1 Å². The summed E-state index contributed by atoms with van der Waals surface area (Å²) in [4.78, 5) is 0. The van der Waals surface area contributed by atoms with Gasteiger partial charge in [0, 0.05) is 13.1 Å². The van der Waals surface area contributed by atoms with Gasteiger partial charge in [0.05, 0.1) is 12.3 Å². The van der Waals surface area contributed by atoms with Gasteiger partial charge in [-0.3, -0.25) is 0 Å². The second-order valence-electron chi connectivity index (χ2n) is 1.80. The van der Waals surface area contributed by atoms with E-state index in [2.05, 4.69) is 0 Å². The summed E-state index contributed by atoms with van der Waals surface area (Å²) >= 11 is 0. The van der Waals surface area contributed by atoms with Crippen LogP contribution in [0.5, 0.6) is 0 Å². The second-order valence-corrected chi connectivity index (χ2v) is 1.80. The molecule has 0 radical (unpaired) electrons. The molecule has 12 N–H and O–H groups in total. The van der Waals surface area contributed by atoms with Crippen LogP contribution in [0, 0.1) is 0 Å². The molecule has 0 saturated carbocycles. The minimum Gasteiger partial charge on any atom is -1.00 e. The molecule has 0 fully saturated rings. The number of rotatable bonds is 2. The summed E-state index contributed by atoms with van der Waals surface area (Å²) in [6.45, 7) is 0.722. The Morgan fingerprint density at radius 1 is 0.692 bits per heavy atom. The van der Waals surface area contributed by atoms with Crippen molar-refractivity contribution in [2.45, 2.75) is 12.3 Å². The fourth-order valence-corrected chi connectivity index (χ4v) is 0. The minimum absolute atomic E-state index is 0. The van der Waals surface area contributed by atoms with Gasteiger partial charge in [0.1, 0.15) is 0 Å². The summed E-state index contributed by atoms with van der Waals surface area (Å²) in [5.41, 5.74) is 29.6. The van der Waals surface area contributed by atoms with E-state index in [1.807, 2.05) is 0 Å². The molecule has 0 aliphatic carbocycles. The van der Waals surface area contributed by atoms with E-state index >= 15 is 0 Å². The number of hydrogen-bond acceptors (Lipinski definition) is 6. The van der Waals surface area contributed by atoms with Gasteiger partial charge in [-0.15, -0.1) is 0 Å². The summed E-state index contributed by atoms with van der Waals surface area (Å²) in [7, 11) is 0. The van der Waals surface area contributed by atoms with Crippen LogP contribution in [0.2, 0.25) is 0 Å². The molecule has 0 unspecified atom stereocenters. The minimum atomic E-state index is -0.338. The molecule has 0 aliphatic rings. The zero-order valence-corrected chi connectivity index (χ0v) is 10.9. The largest absolute Gasteiger partial charge is 2.00 e. The van der Waals surface area contributed by atoms with Crippen molar-refractivity contribution in [1.29, 1.82) is 0 Å². The average molecular weight is 416 g/mol. The van der Waals surface area contributed by atoms with Gasteiger partial charge in [-0.25, -0.2) is 0 Å². The van der Waals surface area contributed by atoms with Crippen molar-refractivity contribution < 1.29 is 45.9 Å². The summed E-state index contributed by atoms with van der Waals surface area (Å²) in [6, 6.07) is 0. The van der Waals surface area contributed by atoms with Crippen molar-refractivity contribution in [3.05, 3.63) is 0 Å². The van der Waals surface area contributed by atoms with Crippen molar-refractivity contribution in [3.63, 3.8) is 0 Å². The summed E-state index contributed by atoms with van der Waals surface area (Å²) < 4.78 is 0. The average Bonchev–Trinajstić information content (AvgIpc) is 1.89. The van der Waals surface area contributed by atoms with Crippen molar-refractivity contribution in [3.8, 4) is 0 Å². The quantitative estimate of drug-likeness (QED) is 0.246. The van der Waals surface area contributed by atoms with Gasteiger partial charge in [0.2, 0.25) is 0 Å². The molecule has 0 spiro atoms. The first-order valence-corrected chi connectivity index (χ1v) is 2.97. The van der Waals surface area contributed by atoms with Crippen molar-refractivity contribution in [2.24, 2.45) is 34.4 Å². The first kappa shape index (κ1) is 29.2. The van der Waals surface area contributed by atoms with Crippen molar-refractivity contribution in [2.75, 3.05) is 13.1 Å². The SMILES string of the molecule is NCC(N)N.NCC(N)N.[Cl-].[Cl-].[Pt+2]. The Labute approximate surface area is 106 Å². The van der Waals surface area contributed by atoms with E-state index in [1.54, 1.807) is 0 Å². The normalized spacial score (nSPS) is 7.38. The molecule has 0 aliphatic heterocycles. The third kappa shape index (κ3) is 62.7. The van der Waals surface area contributed by atoms with Gasteiger partial charge in [-0.2, -0.15) is 0 Å². The number of nitrogens with two attached hydrogens (primary N) is 6. The van der Waals surface area contributed by atoms with E-state index < -0.39 is 0 Å². The van der Waals surface area contributed by atoms with Crippen molar-refractivity contribution >= 4 is 0 Å². The number of halogens is 2. The molecule has 88 valence electrons. The van der Waals surface area contributed by atoms with Crippen molar-refractivity contribution in [1.82, 2.24) is 0 Å². The van der Waals surface area contributed by atoms with E-state index in [4.69, 9.17) is 34.4 Å². The zero-order valence-electron chi connectivity index (χ0n) is 7.11. The summed E-state index contributed by atoms with van der Waals surface area (Å²) in [6.07, 6.45) is -0.676. The number of hydrogen-bond donors (Lipinski definition) is 6. The molecule has 0 aromatic heterocycles. The standard InChI is InChI=1S/2C2H9N3.2ClH.Pt/c2*3-1-2(4)5;;;/h2*2H,1,3-5H2;2*1H;/q;;;;+2/p-2. The van der Waals surface area contributed by atoms with Crippen LogP contribution in [0.3, 0.4) is 0 Å². The van der Waals surface area contributed by atoms with Gasteiger partial charge >= 0.3 is 21.1 Å². The molecule has 0 saturated heterocycles. The predicted molar refractivity (Wildman–Crippen MR) is 42.4 cm³/mol. The van der Waals surface area contributed by atoms with E-state index in [-0.39, 0.29) is 58.2 Å². The Morgan fingerprint density at radius 3 is 0.769 bits per heavy atom. The topological polar surface area (TPSA) is 156 Å². The van der Waals surface area contributed by atoms with Gasteiger partial charge in [0.15, 0.2) is 0 Å². The molecule has 0 aromatic carbocycles. The molecule has 0 heterocycles. The Morgan fingerprint density at radius 2 is 0.769 bits per heavy atom. The van der Waals surface area contributed by atoms with Gasteiger partial charge in [0.25, 0.3) is 0 Å². The van der Waals surface area contributed by atoms with E-state index in [0.29, 0.717) is 13.1 Å². The Balaban J connectivity index is -0.0000000267. The third-order valence-corrected chi connectivity index (χ3v) is 0.544. The van der Waals surface area contributed by atoms with Crippen LogP contribution in [0.15, 0.2) is 0 Å². The monoisotopic (exact) mass is 415 g/mol. The van der Waals surface area contributed by atoms with E-state index in [9.17, 15) is 0 Å². The maximum absolute atomic E-state index is 4.94. The van der Waals surface area contributed by atoms with Crippen LogP contribution in [0.4, 0.5) is 0 Å². The smallest absolute Gasteiger partial charge is 1.00 e. The zero-order chi connectivity index (χ0) is 8.57. The molecule has 9 heteroatoms. The molecule has 0 rings (SSSR count). The Kier molecular flexibility index (Phi) is 52.0. The molecule has 0 amide bonds. The first-order valence-electron chi connectivity index (χ1n) is 2.97. The van der Waals surface area contributed by atoms with Gasteiger partial charge < -0.3 is 59.2 Å². The molecule has 0 aromatic rings. The second kappa shape index (κ2) is 23.1. The van der Waals surface area contributed by atoms with Gasteiger partial charge in [-0.1, -0.05) is 0 Å². The summed E-state index contributed by atoms with van der Waals surface area (Å²) in [5, 5.41) is 0. The van der Waals surface area contributed by atoms with E-state index in [0.717, 1.165) is 0 Å². The molecule has 0 bridgehead atoms. The van der Waals surface area contributed by atoms with Crippen LogP contribution >= 0.6 is 0 Å². The molecule has 13 heavy (non-hydrogen) atoms. The van der Waals surface area contributed by atoms with E-state index in [1.165, 1.54) is 0 Å². The molecule has 6 nitrogen and oxygen atoms in total. The fraction of sp³-hybridized carbons (Fsp3) is 1.00. The predicted octanol–water partition coefficient (Wildman–Crippen LogP) is -9.62. The molecule has 0 atom stereocenters. The third-order valence-electron chi connectivity index (χ3n) is 0.544. The van der Waals surface area contributed by atoms with Gasteiger partial charge in [-0.05, 0) is 0 Å². The molecular formula is C4H18Cl2N6Pt. The first-order chi connectivity index (χ1) is 4.54. The van der Waals surface area contributed by atoms with Crippen LogP contribution in [-0.4, -0.2) is 25.4 Å². The van der Waals surface area contributed by atoms with Crippen LogP contribution < -0.4 is 59.2 Å². The van der Waals surface area contributed by atoms with Crippen LogP contribution in [0.25, 0.3) is 0 Å². The summed E-state index contributed by atoms with van der Waals surface area (Å²) in [5.74, 6) is 0. The molecular weight excluding hydrogens is 398 g/mol. The maximum Gasteiger partial charge on any atom is 2.00 e. The Bertz CT molecular complexity index is 58.6.